The van der Waals surface area contributed by atoms with E-state index in [4.69, 9.17) is 0 Å². The summed E-state index contributed by atoms with van der Waals surface area (Å²) in [4.78, 5) is 6.23. The first-order valence-electron chi connectivity index (χ1n) is 4.98. The summed E-state index contributed by atoms with van der Waals surface area (Å²) >= 11 is 0. The lowest BCUT2D eigenvalue weighted by molar-refractivity contribution is 0.127. The number of aromatic nitrogens is 1. The number of hydrogen-bond donors (Lipinski definition) is 1. The van der Waals surface area contributed by atoms with E-state index in [1.54, 1.807) is 12.4 Å². The molecule has 2 heterocycles. The Kier molecular flexibility index (Phi) is 2.19. The molecule has 1 saturated heterocycles. The summed E-state index contributed by atoms with van der Waals surface area (Å²) in [6, 6.07) is 3.97. The van der Waals surface area contributed by atoms with Gasteiger partial charge in [-0.25, -0.2) is 0 Å². The van der Waals surface area contributed by atoms with Crippen LogP contribution in [0, 0.1) is 0 Å². The van der Waals surface area contributed by atoms with Crippen LogP contribution >= 0.6 is 0 Å². The average Bonchev–Trinajstić information content (AvgIpc) is 2.44. The smallest absolute Gasteiger partial charge is 0.0783 e. The van der Waals surface area contributed by atoms with E-state index in [2.05, 4.69) is 23.7 Å². The SMILES string of the molecule is CC1(C)C(O)CCN1c1ccncc1. The third-order valence-corrected chi connectivity index (χ3v) is 3.11. The lowest BCUT2D eigenvalue weighted by Crippen LogP contribution is -2.45. The molecule has 1 aliphatic heterocycles. The van der Waals surface area contributed by atoms with Crippen molar-refractivity contribution in [3.63, 3.8) is 0 Å². The first-order chi connectivity index (χ1) is 6.62. The van der Waals surface area contributed by atoms with Crippen molar-refractivity contribution < 1.29 is 5.11 Å². The molecule has 14 heavy (non-hydrogen) atoms. The first-order valence-corrected chi connectivity index (χ1v) is 4.98. The molecule has 0 aliphatic carbocycles. The predicted molar refractivity (Wildman–Crippen MR) is 56.3 cm³/mol. The van der Waals surface area contributed by atoms with Crippen molar-refractivity contribution in [2.24, 2.45) is 0 Å². The highest BCUT2D eigenvalue weighted by atomic mass is 16.3. The molecule has 1 aliphatic rings. The van der Waals surface area contributed by atoms with Crippen LogP contribution < -0.4 is 4.90 Å². The zero-order valence-electron chi connectivity index (χ0n) is 8.64. The molecule has 3 heteroatoms. The standard InChI is InChI=1S/C11H16N2O/c1-11(2)10(14)5-8-13(11)9-3-6-12-7-4-9/h3-4,6-7,10,14H,5,8H2,1-2H3. The minimum absolute atomic E-state index is 0.165. The highest BCUT2D eigenvalue weighted by molar-refractivity contribution is 5.49. The molecule has 0 spiro atoms. The van der Waals surface area contributed by atoms with Gasteiger partial charge in [0, 0.05) is 24.6 Å². The molecule has 1 unspecified atom stereocenters. The van der Waals surface area contributed by atoms with Crippen LogP contribution in [0.3, 0.4) is 0 Å². The van der Waals surface area contributed by atoms with Crippen LogP contribution in [0.15, 0.2) is 24.5 Å². The summed E-state index contributed by atoms with van der Waals surface area (Å²) in [6.45, 7) is 5.06. The molecular formula is C11H16N2O. The molecule has 0 saturated carbocycles. The summed E-state index contributed by atoms with van der Waals surface area (Å²) < 4.78 is 0. The van der Waals surface area contributed by atoms with Gasteiger partial charge in [0.05, 0.1) is 11.6 Å². The molecule has 1 N–H and O–H groups in total. The zero-order chi connectivity index (χ0) is 10.2. The Morgan fingerprint density at radius 1 is 1.43 bits per heavy atom. The van der Waals surface area contributed by atoms with Gasteiger partial charge in [-0.3, -0.25) is 4.98 Å². The van der Waals surface area contributed by atoms with Crippen molar-refractivity contribution in [2.75, 3.05) is 11.4 Å². The van der Waals surface area contributed by atoms with E-state index in [1.807, 2.05) is 12.1 Å². The Labute approximate surface area is 84.4 Å². The zero-order valence-corrected chi connectivity index (χ0v) is 8.64. The number of hydrogen-bond acceptors (Lipinski definition) is 3. The number of anilines is 1. The van der Waals surface area contributed by atoms with Crippen LogP contribution in [-0.2, 0) is 0 Å². The molecule has 2 rings (SSSR count). The van der Waals surface area contributed by atoms with Crippen LogP contribution in [0.2, 0.25) is 0 Å². The molecule has 0 radical (unpaired) electrons. The summed E-state index contributed by atoms with van der Waals surface area (Å²) in [7, 11) is 0. The average molecular weight is 192 g/mol. The third kappa shape index (κ3) is 1.38. The summed E-state index contributed by atoms with van der Waals surface area (Å²) in [5.41, 5.74) is 0.975. The Bertz CT molecular complexity index is 310. The van der Waals surface area contributed by atoms with Crippen molar-refractivity contribution in [1.29, 1.82) is 0 Å². The van der Waals surface area contributed by atoms with E-state index in [9.17, 15) is 5.11 Å². The lowest BCUT2D eigenvalue weighted by atomic mass is 9.98. The Morgan fingerprint density at radius 3 is 2.57 bits per heavy atom. The largest absolute Gasteiger partial charge is 0.391 e. The second-order valence-electron chi connectivity index (χ2n) is 4.32. The van der Waals surface area contributed by atoms with E-state index < -0.39 is 0 Å². The van der Waals surface area contributed by atoms with Gasteiger partial charge in [-0.15, -0.1) is 0 Å². The topological polar surface area (TPSA) is 36.4 Å². The summed E-state index contributed by atoms with van der Waals surface area (Å²) in [6.07, 6.45) is 4.18. The van der Waals surface area contributed by atoms with Gasteiger partial charge in [-0.2, -0.15) is 0 Å². The number of rotatable bonds is 1. The maximum absolute atomic E-state index is 9.83. The van der Waals surface area contributed by atoms with E-state index in [-0.39, 0.29) is 11.6 Å². The van der Waals surface area contributed by atoms with Crippen molar-refractivity contribution in [3.8, 4) is 0 Å². The molecular weight excluding hydrogens is 176 g/mol. The van der Waals surface area contributed by atoms with Crippen LogP contribution in [-0.4, -0.2) is 28.3 Å². The Morgan fingerprint density at radius 2 is 2.07 bits per heavy atom. The van der Waals surface area contributed by atoms with Crippen LogP contribution in [0.1, 0.15) is 20.3 Å². The van der Waals surface area contributed by atoms with Crippen LogP contribution in [0.25, 0.3) is 0 Å². The highest BCUT2D eigenvalue weighted by Crippen LogP contribution is 2.33. The minimum atomic E-state index is -0.240. The van der Waals surface area contributed by atoms with Gasteiger partial charge in [0.2, 0.25) is 0 Å². The fraction of sp³-hybridized carbons (Fsp3) is 0.545. The van der Waals surface area contributed by atoms with Crippen LogP contribution in [0.5, 0.6) is 0 Å². The third-order valence-electron chi connectivity index (χ3n) is 3.11. The predicted octanol–water partition coefficient (Wildman–Crippen LogP) is 1.43. The Hall–Kier alpha value is -1.09. The molecule has 1 fully saturated rings. The molecule has 0 aromatic carbocycles. The first kappa shape index (κ1) is 9.46. The number of aliphatic hydroxyl groups excluding tert-OH is 1. The van der Waals surface area contributed by atoms with Crippen molar-refractivity contribution in [3.05, 3.63) is 24.5 Å². The number of pyridine rings is 1. The monoisotopic (exact) mass is 192 g/mol. The lowest BCUT2D eigenvalue weighted by Gasteiger charge is -2.35. The molecule has 1 aromatic heterocycles. The van der Waals surface area contributed by atoms with Crippen molar-refractivity contribution >= 4 is 5.69 Å². The molecule has 1 atom stereocenters. The van der Waals surface area contributed by atoms with Crippen molar-refractivity contribution in [2.45, 2.75) is 31.9 Å². The molecule has 76 valence electrons. The second-order valence-corrected chi connectivity index (χ2v) is 4.32. The van der Waals surface area contributed by atoms with Gasteiger partial charge in [-0.05, 0) is 32.4 Å². The maximum atomic E-state index is 9.83. The fourth-order valence-electron chi connectivity index (χ4n) is 2.06. The quantitative estimate of drug-likeness (QED) is 0.731. The Balaban J connectivity index is 2.29. The van der Waals surface area contributed by atoms with Gasteiger partial charge in [-0.1, -0.05) is 0 Å². The van der Waals surface area contributed by atoms with Gasteiger partial charge in [0.1, 0.15) is 0 Å². The second kappa shape index (κ2) is 3.24. The fourth-order valence-corrected chi connectivity index (χ4v) is 2.06. The van der Waals surface area contributed by atoms with Gasteiger partial charge in [0.25, 0.3) is 0 Å². The van der Waals surface area contributed by atoms with E-state index >= 15 is 0 Å². The summed E-state index contributed by atoms with van der Waals surface area (Å²) in [5.74, 6) is 0. The van der Waals surface area contributed by atoms with Gasteiger partial charge >= 0.3 is 0 Å². The van der Waals surface area contributed by atoms with Crippen LogP contribution in [0.4, 0.5) is 5.69 Å². The van der Waals surface area contributed by atoms with E-state index in [1.165, 1.54) is 0 Å². The van der Waals surface area contributed by atoms with Crippen molar-refractivity contribution in [1.82, 2.24) is 4.98 Å². The molecule has 3 nitrogen and oxygen atoms in total. The van der Waals surface area contributed by atoms with E-state index in [0.717, 1.165) is 18.7 Å². The maximum Gasteiger partial charge on any atom is 0.0783 e. The minimum Gasteiger partial charge on any atom is -0.391 e. The normalized spacial score (nSPS) is 25.4. The summed E-state index contributed by atoms with van der Waals surface area (Å²) in [5, 5.41) is 9.83. The number of nitrogens with zero attached hydrogens (tertiary/aromatic N) is 2. The van der Waals surface area contributed by atoms with Gasteiger partial charge < -0.3 is 10.0 Å². The molecule has 0 amide bonds. The molecule has 0 bridgehead atoms. The van der Waals surface area contributed by atoms with Gasteiger partial charge in [0.15, 0.2) is 0 Å². The molecule has 1 aromatic rings. The number of aliphatic hydroxyl groups is 1. The highest BCUT2D eigenvalue weighted by Gasteiger charge is 2.40. The van der Waals surface area contributed by atoms with E-state index in [0.29, 0.717) is 0 Å².